The van der Waals surface area contributed by atoms with Crippen LogP contribution < -0.4 is 5.32 Å². The largest absolute Gasteiger partial charge is 0.326 e. The monoisotopic (exact) mass is 287 g/mol. The Morgan fingerprint density at radius 2 is 1.59 bits per heavy atom. The summed E-state index contributed by atoms with van der Waals surface area (Å²) in [5.41, 5.74) is 3.08. The smallest absolute Gasteiger partial charge is 0.221 e. The first-order valence-corrected chi connectivity index (χ1v) is 7.26. The molecule has 2 nitrogen and oxygen atoms in total. The highest BCUT2D eigenvalue weighted by molar-refractivity contribution is 6.06. The maximum atomic E-state index is 11.4. The fourth-order valence-corrected chi connectivity index (χ4v) is 2.55. The summed E-state index contributed by atoms with van der Waals surface area (Å²) in [6.45, 7) is 1.53. The van der Waals surface area contributed by atoms with Crippen molar-refractivity contribution >= 4 is 34.5 Å². The number of rotatable bonds is 3. The van der Waals surface area contributed by atoms with Crippen molar-refractivity contribution < 1.29 is 4.79 Å². The van der Waals surface area contributed by atoms with Gasteiger partial charge in [0.05, 0.1) is 0 Å². The van der Waals surface area contributed by atoms with E-state index in [0.717, 1.165) is 27.6 Å². The molecule has 0 unspecified atom stereocenters. The van der Waals surface area contributed by atoms with E-state index in [2.05, 4.69) is 47.8 Å². The molecule has 22 heavy (non-hydrogen) atoms. The van der Waals surface area contributed by atoms with E-state index < -0.39 is 0 Å². The van der Waals surface area contributed by atoms with Gasteiger partial charge in [0, 0.05) is 18.0 Å². The molecule has 3 aromatic carbocycles. The van der Waals surface area contributed by atoms with Gasteiger partial charge >= 0.3 is 0 Å². The van der Waals surface area contributed by atoms with E-state index in [1.807, 2.05) is 36.4 Å². The second kappa shape index (κ2) is 6.27. The van der Waals surface area contributed by atoms with E-state index in [9.17, 15) is 4.79 Å². The number of fused-ring (bicyclic) bond motifs is 1. The van der Waals surface area contributed by atoms with Crippen LogP contribution in [0.4, 0.5) is 5.69 Å². The van der Waals surface area contributed by atoms with E-state index in [4.69, 9.17) is 0 Å². The number of anilines is 1. The molecule has 0 spiro atoms. The second-order valence-corrected chi connectivity index (χ2v) is 5.18. The molecule has 1 N–H and O–H groups in total. The Hall–Kier alpha value is -2.87. The van der Waals surface area contributed by atoms with Crippen LogP contribution >= 0.6 is 0 Å². The van der Waals surface area contributed by atoms with Gasteiger partial charge in [-0.3, -0.25) is 4.79 Å². The highest BCUT2D eigenvalue weighted by atomic mass is 16.1. The van der Waals surface area contributed by atoms with Crippen molar-refractivity contribution in [3.63, 3.8) is 0 Å². The van der Waals surface area contributed by atoms with Gasteiger partial charge in [0.15, 0.2) is 0 Å². The zero-order valence-electron chi connectivity index (χ0n) is 12.4. The van der Waals surface area contributed by atoms with E-state index >= 15 is 0 Å². The lowest BCUT2D eigenvalue weighted by molar-refractivity contribution is -0.114. The third-order valence-electron chi connectivity index (χ3n) is 3.50. The Morgan fingerprint density at radius 3 is 2.32 bits per heavy atom. The summed E-state index contributed by atoms with van der Waals surface area (Å²) >= 11 is 0. The summed E-state index contributed by atoms with van der Waals surface area (Å²) in [5.74, 6) is -0.0608. The molecular formula is C20H17NO. The highest BCUT2D eigenvalue weighted by Crippen LogP contribution is 2.28. The van der Waals surface area contributed by atoms with Crippen molar-refractivity contribution in [3.8, 4) is 0 Å². The summed E-state index contributed by atoms with van der Waals surface area (Å²) in [4.78, 5) is 11.4. The molecule has 0 aliphatic carbocycles. The molecule has 108 valence electrons. The number of amides is 1. The molecule has 0 aliphatic heterocycles. The molecule has 0 fully saturated rings. The van der Waals surface area contributed by atoms with Crippen molar-refractivity contribution in [2.45, 2.75) is 6.92 Å². The zero-order valence-corrected chi connectivity index (χ0v) is 12.4. The van der Waals surface area contributed by atoms with Crippen molar-refractivity contribution in [2.75, 3.05) is 5.32 Å². The summed E-state index contributed by atoms with van der Waals surface area (Å²) in [6, 6.07) is 22.3. The lowest BCUT2D eigenvalue weighted by Crippen LogP contribution is -2.06. The molecule has 0 atom stereocenters. The van der Waals surface area contributed by atoms with Gasteiger partial charge in [-0.05, 0) is 22.6 Å². The van der Waals surface area contributed by atoms with Crippen molar-refractivity contribution in [3.05, 3.63) is 77.9 Å². The van der Waals surface area contributed by atoms with Gasteiger partial charge in [0.1, 0.15) is 0 Å². The Labute approximate surface area is 130 Å². The summed E-state index contributed by atoms with van der Waals surface area (Å²) in [7, 11) is 0. The molecular weight excluding hydrogens is 270 g/mol. The third-order valence-corrected chi connectivity index (χ3v) is 3.50. The van der Waals surface area contributed by atoms with Gasteiger partial charge in [0.2, 0.25) is 5.91 Å². The number of nitrogens with one attached hydrogen (secondary N) is 1. The van der Waals surface area contributed by atoms with Crippen LogP contribution in [0.3, 0.4) is 0 Å². The quantitative estimate of drug-likeness (QED) is 0.677. The second-order valence-electron chi connectivity index (χ2n) is 5.18. The Balaban J connectivity index is 2.09. The van der Waals surface area contributed by atoms with Crippen LogP contribution in [-0.2, 0) is 4.79 Å². The number of benzene rings is 3. The molecule has 3 rings (SSSR count). The number of hydrogen-bond donors (Lipinski definition) is 1. The van der Waals surface area contributed by atoms with Crippen LogP contribution in [0.1, 0.15) is 18.1 Å². The highest BCUT2D eigenvalue weighted by Gasteiger charge is 2.05. The predicted octanol–water partition coefficient (Wildman–Crippen LogP) is 4.97. The number of carbonyl (C=O) groups excluding carboxylic acids is 1. The van der Waals surface area contributed by atoms with Crippen LogP contribution in [0.5, 0.6) is 0 Å². The first-order chi connectivity index (χ1) is 10.7. The van der Waals surface area contributed by atoms with E-state index in [1.165, 1.54) is 6.92 Å². The van der Waals surface area contributed by atoms with Gasteiger partial charge in [0.25, 0.3) is 0 Å². The average molecular weight is 287 g/mol. The minimum atomic E-state index is -0.0608. The predicted molar refractivity (Wildman–Crippen MR) is 93.6 cm³/mol. The molecule has 0 saturated heterocycles. The molecule has 3 aromatic rings. The first-order valence-electron chi connectivity index (χ1n) is 7.26. The first kappa shape index (κ1) is 14.1. The van der Waals surface area contributed by atoms with Crippen LogP contribution in [0.25, 0.3) is 22.9 Å². The van der Waals surface area contributed by atoms with Crippen molar-refractivity contribution in [1.82, 2.24) is 0 Å². The molecule has 0 heterocycles. The standard InChI is InChI=1S/C20H17NO/c1-15(22)21-19-12-6-11-17-9-5-10-18(20(17)19)14-13-16-7-3-2-4-8-16/h2-14H,1H3,(H,21,22)/b14-13+. The van der Waals surface area contributed by atoms with Crippen LogP contribution in [0.15, 0.2) is 66.7 Å². The lowest BCUT2D eigenvalue weighted by atomic mass is 10.0. The van der Waals surface area contributed by atoms with E-state index in [0.29, 0.717) is 0 Å². The van der Waals surface area contributed by atoms with Gasteiger partial charge < -0.3 is 5.32 Å². The fraction of sp³-hybridized carbons (Fsp3) is 0.0500. The average Bonchev–Trinajstić information content (AvgIpc) is 2.53. The summed E-state index contributed by atoms with van der Waals surface area (Å²) in [6.07, 6.45) is 4.17. The fourth-order valence-electron chi connectivity index (χ4n) is 2.55. The normalized spacial score (nSPS) is 11.0. The Bertz CT molecular complexity index is 829. The minimum Gasteiger partial charge on any atom is -0.326 e. The maximum absolute atomic E-state index is 11.4. The number of carbonyl (C=O) groups is 1. The molecule has 0 radical (unpaired) electrons. The van der Waals surface area contributed by atoms with Crippen LogP contribution in [-0.4, -0.2) is 5.91 Å². The Kier molecular flexibility index (Phi) is 4.01. The third kappa shape index (κ3) is 3.07. The zero-order chi connectivity index (χ0) is 15.4. The summed E-state index contributed by atoms with van der Waals surface area (Å²) < 4.78 is 0. The lowest BCUT2D eigenvalue weighted by Gasteiger charge is -2.10. The Morgan fingerprint density at radius 1 is 0.864 bits per heavy atom. The molecule has 0 saturated carbocycles. The topological polar surface area (TPSA) is 29.1 Å². The SMILES string of the molecule is CC(=O)Nc1cccc2cccc(/C=C/c3ccccc3)c12. The molecule has 1 amide bonds. The number of hydrogen-bond acceptors (Lipinski definition) is 1. The van der Waals surface area contributed by atoms with Gasteiger partial charge in [-0.2, -0.15) is 0 Å². The summed E-state index contributed by atoms with van der Waals surface area (Å²) in [5, 5.41) is 5.09. The van der Waals surface area contributed by atoms with Gasteiger partial charge in [-0.15, -0.1) is 0 Å². The molecule has 2 heteroatoms. The van der Waals surface area contributed by atoms with Crippen molar-refractivity contribution in [2.24, 2.45) is 0 Å². The van der Waals surface area contributed by atoms with Crippen LogP contribution in [0, 0.1) is 0 Å². The van der Waals surface area contributed by atoms with Gasteiger partial charge in [-0.25, -0.2) is 0 Å². The molecule has 0 aromatic heterocycles. The van der Waals surface area contributed by atoms with E-state index in [1.54, 1.807) is 0 Å². The van der Waals surface area contributed by atoms with Gasteiger partial charge in [-0.1, -0.05) is 72.8 Å². The minimum absolute atomic E-state index is 0.0608. The van der Waals surface area contributed by atoms with E-state index in [-0.39, 0.29) is 5.91 Å². The van der Waals surface area contributed by atoms with Crippen LogP contribution in [0.2, 0.25) is 0 Å². The molecule has 0 bridgehead atoms. The molecule has 0 aliphatic rings. The maximum Gasteiger partial charge on any atom is 0.221 e. The van der Waals surface area contributed by atoms with Crippen molar-refractivity contribution in [1.29, 1.82) is 0 Å².